The van der Waals surface area contributed by atoms with Crippen LogP contribution < -0.4 is 15.4 Å². The monoisotopic (exact) mass is 420 g/mol. The quantitative estimate of drug-likeness (QED) is 0.672. The van der Waals surface area contributed by atoms with E-state index in [-0.39, 0.29) is 17.6 Å². The Hall–Kier alpha value is -2.92. The molecule has 1 aliphatic rings. The Bertz CT molecular complexity index is 988. The average Bonchev–Trinajstić information content (AvgIpc) is 3.24. The average molecular weight is 420 g/mol. The van der Waals surface area contributed by atoms with Gasteiger partial charge in [-0.3, -0.25) is 0 Å². The highest BCUT2D eigenvalue weighted by Gasteiger charge is 2.23. The van der Waals surface area contributed by atoms with E-state index in [1.54, 1.807) is 12.3 Å². The van der Waals surface area contributed by atoms with E-state index < -0.39 is 6.61 Å². The summed E-state index contributed by atoms with van der Waals surface area (Å²) in [6, 6.07) is 3.31. The Balaban J connectivity index is 1.80. The number of aromatic nitrogens is 4. The van der Waals surface area contributed by atoms with Crippen LogP contribution in [-0.2, 0) is 4.74 Å². The topological polar surface area (TPSA) is 99.3 Å². The second kappa shape index (κ2) is 8.21. The van der Waals surface area contributed by atoms with Crippen LogP contribution in [0.1, 0.15) is 6.92 Å². The van der Waals surface area contributed by atoms with Gasteiger partial charge in [0.1, 0.15) is 5.82 Å². The Kier molecular flexibility index (Phi) is 5.49. The van der Waals surface area contributed by atoms with E-state index in [0.717, 1.165) is 0 Å². The molecule has 11 heteroatoms. The molecule has 0 radical (unpaired) electrons. The van der Waals surface area contributed by atoms with Crippen LogP contribution in [0.15, 0.2) is 29.9 Å². The van der Waals surface area contributed by atoms with Gasteiger partial charge in [0.05, 0.1) is 24.9 Å². The largest absolute Gasteiger partial charge is 0.431 e. The first-order valence-corrected chi connectivity index (χ1v) is 9.73. The number of nitrogen functional groups attached to an aromatic ring is 1. The molecule has 29 heavy (non-hydrogen) atoms. The summed E-state index contributed by atoms with van der Waals surface area (Å²) in [5.41, 5.74) is 6.64. The minimum Gasteiger partial charge on any atom is -0.431 e. The van der Waals surface area contributed by atoms with Gasteiger partial charge < -0.3 is 20.1 Å². The fourth-order valence-corrected chi connectivity index (χ4v) is 3.58. The van der Waals surface area contributed by atoms with Crippen molar-refractivity contribution >= 4 is 23.0 Å². The Morgan fingerprint density at radius 2 is 2.17 bits per heavy atom. The molecule has 8 nitrogen and oxygen atoms in total. The number of pyridine rings is 1. The number of ether oxygens (including phenoxy) is 2. The van der Waals surface area contributed by atoms with E-state index in [1.807, 2.05) is 12.3 Å². The number of thiazole rings is 1. The summed E-state index contributed by atoms with van der Waals surface area (Å²) in [6.07, 6.45) is 3.14. The maximum absolute atomic E-state index is 12.7. The third-order valence-corrected chi connectivity index (χ3v) is 5.16. The van der Waals surface area contributed by atoms with Gasteiger partial charge in [0.2, 0.25) is 0 Å². The van der Waals surface area contributed by atoms with E-state index in [2.05, 4.69) is 29.6 Å². The van der Waals surface area contributed by atoms with Crippen molar-refractivity contribution in [2.75, 3.05) is 30.4 Å². The molecule has 0 aromatic carbocycles. The lowest BCUT2D eigenvalue weighted by molar-refractivity contribution is -0.0494. The van der Waals surface area contributed by atoms with Gasteiger partial charge in [-0.05, 0) is 13.0 Å². The van der Waals surface area contributed by atoms with Gasteiger partial charge in [0.15, 0.2) is 22.4 Å². The zero-order chi connectivity index (χ0) is 20.4. The van der Waals surface area contributed by atoms with Crippen molar-refractivity contribution in [3.05, 3.63) is 29.9 Å². The summed E-state index contributed by atoms with van der Waals surface area (Å²) in [6.45, 7) is 0.890. The first kappa shape index (κ1) is 19.4. The smallest absolute Gasteiger partial charge is 0.387 e. The van der Waals surface area contributed by atoms with Crippen LogP contribution in [0.2, 0.25) is 0 Å². The molecule has 1 atom stereocenters. The zero-order valence-electron chi connectivity index (χ0n) is 15.5. The summed E-state index contributed by atoms with van der Waals surface area (Å²) in [5, 5.41) is 2.49. The second-order valence-corrected chi connectivity index (χ2v) is 7.27. The maximum Gasteiger partial charge on any atom is 0.387 e. The molecule has 3 aromatic heterocycles. The SMILES string of the molecule is C[C@H]1COCCN1c1cc(-c2cnc(N)c(OC(F)F)c2)nc(-c2nccs2)n1. The van der Waals surface area contributed by atoms with Crippen molar-refractivity contribution in [2.24, 2.45) is 0 Å². The summed E-state index contributed by atoms with van der Waals surface area (Å²) >= 11 is 1.41. The lowest BCUT2D eigenvalue weighted by Gasteiger charge is -2.34. The van der Waals surface area contributed by atoms with Crippen molar-refractivity contribution in [3.8, 4) is 27.8 Å². The number of halogens is 2. The normalized spacial score (nSPS) is 17.0. The van der Waals surface area contributed by atoms with Gasteiger partial charge in [0, 0.05) is 35.9 Å². The molecule has 152 valence electrons. The van der Waals surface area contributed by atoms with Crippen molar-refractivity contribution in [1.82, 2.24) is 19.9 Å². The van der Waals surface area contributed by atoms with E-state index in [4.69, 9.17) is 10.5 Å². The van der Waals surface area contributed by atoms with Crippen LogP contribution in [0.25, 0.3) is 22.1 Å². The number of alkyl halides is 2. The van der Waals surface area contributed by atoms with Gasteiger partial charge in [-0.25, -0.2) is 19.9 Å². The number of rotatable bonds is 5. The van der Waals surface area contributed by atoms with Crippen LogP contribution in [0, 0.1) is 0 Å². The molecule has 1 aliphatic heterocycles. The number of hydrogen-bond acceptors (Lipinski definition) is 9. The molecule has 0 unspecified atom stereocenters. The highest BCUT2D eigenvalue weighted by atomic mass is 32.1. The Morgan fingerprint density at radius 3 is 2.90 bits per heavy atom. The number of anilines is 2. The van der Waals surface area contributed by atoms with E-state index in [9.17, 15) is 8.78 Å². The molecular formula is C18H18F2N6O2S. The van der Waals surface area contributed by atoms with Crippen LogP contribution in [-0.4, -0.2) is 52.3 Å². The molecule has 3 aromatic rings. The van der Waals surface area contributed by atoms with E-state index >= 15 is 0 Å². The maximum atomic E-state index is 12.7. The molecule has 0 spiro atoms. The summed E-state index contributed by atoms with van der Waals surface area (Å²) < 4.78 is 35.3. The Labute approximate surface area is 169 Å². The number of morpholine rings is 1. The lowest BCUT2D eigenvalue weighted by atomic mass is 10.1. The van der Waals surface area contributed by atoms with Gasteiger partial charge in [-0.1, -0.05) is 0 Å². The second-order valence-electron chi connectivity index (χ2n) is 6.38. The van der Waals surface area contributed by atoms with Crippen LogP contribution in [0.3, 0.4) is 0 Å². The van der Waals surface area contributed by atoms with Crippen molar-refractivity contribution in [1.29, 1.82) is 0 Å². The fraction of sp³-hybridized carbons (Fsp3) is 0.333. The summed E-state index contributed by atoms with van der Waals surface area (Å²) in [5.74, 6) is 0.821. The first-order valence-electron chi connectivity index (χ1n) is 8.85. The highest BCUT2D eigenvalue weighted by molar-refractivity contribution is 7.13. The number of hydrogen-bond donors (Lipinski definition) is 1. The molecule has 0 bridgehead atoms. The molecule has 4 heterocycles. The van der Waals surface area contributed by atoms with Crippen LogP contribution >= 0.6 is 11.3 Å². The van der Waals surface area contributed by atoms with Gasteiger partial charge in [-0.15, -0.1) is 11.3 Å². The molecule has 0 amide bonds. The lowest BCUT2D eigenvalue weighted by Crippen LogP contribution is -2.44. The minimum atomic E-state index is -3.00. The molecule has 0 saturated carbocycles. The van der Waals surface area contributed by atoms with Gasteiger partial charge >= 0.3 is 6.61 Å². The van der Waals surface area contributed by atoms with Crippen molar-refractivity contribution in [3.63, 3.8) is 0 Å². The predicted molar refractivity (Wildman–Crippen MR) is 105 cm³/mol. The van der Waals surface area contributed by atoms with Crippen molar-refractivity contribution < 1.29 is 18.3 Å². The molecule has 1 fully saturated rings. The van der Waals surface area contributed by atoms with Gasteiger partial charge in [0.25, 0.3) is 0 Å². The predicted octanol–water partition coefficient (Wildman–Crippen LogP) is 3.07. The molecule has 2 N–H and O–H groups in total. The van der Waals surface area contributed by atoms with Crippen LogP contribution in [0.5, 0.6) is 5.75 Å². The van der Waals surface area contributed by atoms with E-state index in [1.165, 1.54) is 23.6 Å². The summed E-state index contributed by atoms with van der Waals surface area (Å²) in [7, 11) is 0. The highest BCUT2D eigenvalue weighted by Crippen LogP contribution is 2.31. The molecule has 0 aliphatic carbocycles. The standard InChI is InChI=1S/C18H18F2N6O2S/c1-10-9-27-4-3-26(10)14-7-12(24-16(25-14)17-22-2-5-29-17)11-6-13(28-18(19)20)15(21)23-8-11/h2,5-8,10,18H,3-4,9H2,1H3,(H2,21,23)/t10-/m0/s1. The third kappa shape index (κ3) is 4.25. The van der Waals surface area contributed by atoms with E-state index in [0.29, 0.717) is 47.7 Å². The third-order valence-electron chi connectivity index (χ3n) is 4.39. The number of nitrogens with two attached hydrogens (primary N) is 1. The van der Waals surface area contributed by atoms with Gasteiger partial charge in [-0.2, -0.15) is 8.78 Å². The fourth-order valence-electron chi connectivity index (χ4n) is 3.01. The van der Waals surface area contributed by atoms with Crippen LogP contribution in [0.4, 0.5) is 20.4 Å². The van der Waals surface area contributed by atoms with Crippen molar-refractivity contribution in [2.45, 2.75) is 19.6 Å². The first-order chi connectivity index (χ1) is 14.0. The zero-order valence-corrected chi connectivity index (χ0v) is 16.3. The Morgan fingerprint density at radius 1 is 1.31 bits per heavy atom. The molecular weight excluding hydrogens is 402 g/mol. The molecule has 4 rings (SSSR count). The molecule has 1 saturated heterocycles. The number of nitrogens with zero attached hydrogens (tertiary/aromatic N) is 5. The summed E-state index contributed by atoms with van der Waals surface area (Å²) in [4.78, 5) is 19.6. The minimum absolute atomic E-state index is 0.120.